The fraction of sp³-hybridized carbons (Fsp3) is 0.174. The van der Waals surface area contributed by atoms with E-state index in [0.29, 0.717) is 23.5 Å². The summed E-state index contributed by atoms with van der Waals surface area (Å²) in [7, 11) is -3.77. The Kier molecular flexibility index (Phi) is 8.07. The molecule has 0 bridgehead atoms. The maximum absolute atomic E-state index is 12.6. The van der Waals surface area contributed by atoms with Gasteiger partial charge in [0.05, 0.1) is 10.5 Å². The lowest BCUT2D eigenvalue weighted by atomic mass is 10.2. The normalized spacial score (nSPS) is 11.0. The average molecular weight is 485 g/mol. The van der Waals surface area contributed by atoms with E-state index in [4.69, 9.17) is 0 Å². The first kappa shape index (κ1) is 24.3. The van der Waals surface area contributed by atoms with Crippen LogP contribution in [0.25, 0.3) is 0 Å². The Morgan fingerprint density at radius 3 is 2.18 bits per heavy atom. The lowest BCUT2D eigenvalue weighted by molar-refractivity contribution is -0.114. The molecule has 0 aliphatic rings. The monoisotopic (exact) mass is 484 g/mol. The molecule has 1 heterocycles. The van der Waals surface area contributed by atoms with Gasteiger partial charge >= 0.3 is 0 Å². The molecule has 0 unspecified atom stereocenters. The molecular formula is C23H24N4O4S2. The highest BCUT2D eigenvalue weighted by molar-refractivity contribution is 7.99. The molecule has 0 radical (unpaired) electrons. The van der Waals surface area contributed by atoms with Gasteiger partial charge in [-0.25, -0.2) is 13.4 Å². The van der Waals surface area contributed by atoms with Crippen LogP contribution in [0.3, 0.4) is 0 Å². The highest BCUT2D eigenvalue weighted by Crippen LogP contribution is 2.28. The summed E-state index contributed by atoms with van der Waals surface area (Å²) in [4.78, 5) is 28.3. The molecule has 172 valence electrons. The van der Waals surface area contributed by atoms with Gasteiger partial charge < -0.3 is 10.6 Å². The summed E-state index contributed by atoms with van der Waals surface area (Å²) in [6.45, 7) is 3.99. The SMILES string of the molecule is CCCNC(=O)c1ccc(Sc2ccc(NS(=O)(=O)c3ccc(NC(C)=O)cc3)cc2)nc1. The number of pyridine rings is 1. The van der Waals surface area contributed by atoms with Gasteiger partial charge in [-0.2, -0.15) is 0 Å². The van der Waals surface area contributed by atoms with Crippen molar-refractivity contribution in [3.05, 3.63) is 72.4 Å². The van der Waals surface area contributed by atoms with E-state index in [1.54, 1.807) is 36.4 Å². The van der Waals surface area contributed by atoms with E-state index in [0.717, 1.165) is 16.3 Å². The summed E-state index contributed by atoms with van der Waals surface area (Å²) in [6, 6.07) is 16.3. The number of carbonyl (C=O) groups is 2. The zero-order chi connectivity index (χ0) is 23.8. The lowest BCUT2D eigenvalue weighted by Gasteiger charge is -2.10. The van der Waals surface area contributed by atoms with Gasteiger partial charge in [0.15, 0.2) is 0 Å². The first-order valence-electron chi connectivity index (χ1n) is 10.2. The van der Waals surface area contributed by atoms with Crippen LogP contribution in [0.1, 0.15) is 30.6 Å². The number of sulfonamides is 1. The van der Waals surface area contributed by atoms with E-state index in [1.807, 2.05) is 6.92 Å². The molecule has 0 aliphatic heterocycles. The number of rotatable bonds is 9. The van der Waals surface area contributed by atoms with Gasteiger partial charge in [-0.1, -0.05) is 18.7 Å². The van der Waals surface area contributed by atoms with Gasteiger partial charge in [-0.05, 0) is 67.1 Å². The van der Waals surface area contributed by atoms with E-state index < -0.39 is 10.0 Å². The van der Waals surface area contributed by atoms with Crippen LogP contribution in [0.2, 0.25) is 0 Å². The summed E-state index contributed by atoms with van der Waals surface area (Å²) in [5.41, 5.74) is 1.44. The van der Waals surface area contributed by atoms with Gasteiger partial charge in [-0.15, -0.1) is 0 Å². The second-order valence-corrected chi connectivity index (χ2v) is 9.85. The van der Waals surface area contributed by atoms with Crippen molar-refractivity contribution in [2.45, 2.75) is 35.1 Å². The molecule has 0 atom stereocenters. The first-order valence-corrected chi connectivity index (χ1v) is 12.5. The molecule has 0 saturated carbocycles. The van der Waals surface area contributed by atoms with Gasteiger partial charge in [0.2, 0.25) is 5.91 Å². The smallest absolute Gasteiger partial charge is 0.261 e. The Labute approximate surface area is 197 Å². The second-order valence-electron chi connectivity index (χ2n) is 7.08. The number of anilines is 2. The average Bonchev–Trinajstić information content (AvgIpc) is 2.79. The molecule has 2 amide bonds. The summed E-state index contributed by atoms with van der Waals surface area (Å²) >= 11 is 1.40. The second kappa shape index (κ2) is 11.0. The number of nitrogens with zero attached hydrogens (tertiary/aromatic N) is 1. The van der Waals surface area contributed by atoms with Crippen LogP contribution < -0.4 is 15.4 Å². The molecule has 10 heteroatoms. The summed E-state index contributed by atoms with van der Waals surface area (Å²) < 4.78 is 27.8. The fourth-order valence-corrected chi connectivity index (χ4v) is 4.58. The number of amides is 2. The minimum atomic E-state index is -3.77. The van der Waals surface area contributed by atoms with E-state index in [9.17, 15) is 18.0 Å². The highest BCUT2D eigenvalue weighted by atomic mass is 32.2. The van der Waals surface area contributed by atoms with Crippen LogP contribution in [-0.2, 0) is 14.8 Å². The van der Waals surface area contributed by atoms with Gasteiger partial charge in [0.1, 0.15) is 5.03 Å². The molecule has 33 heavy (non-hydrogen) atoms. The third-order valence-corrected chi connectivity index (χ3v) is 6.70. The Morgan fingerprint density at radius 2 is 1.61 bits per heavy atom. The van der Waals surface area contributed by atoms with Crippen molar-refractivity contribution < 1.29 is 18.0 Å². The maximum Gasteiger partial charge on any atom is 0.261 e. The lowest BCUT2D eigenvalue weighted by Crippen LogP contribution is -2.23. The van der Waals surface area contributed by atoms with E-state index in [2.05, 4.69) is 20.3 Å². The Bertz CT molecular complexity index is 1210. The van der Waals surface area contributed by atoms with Crippen LogP contribution in [0.4, 0.5) is 11.4 Å². The molecule has 0 fully saturated rings. The highest BCUT2D eigenvalue weighted by Gasteiger charge is 2.14. The third kappa shape index (κ3) is 7.06. The van der Waals surface area contributed by atoms with E-state index in [-0.39, 0.29) is 16.7 Å². The van der Waals surface area contributed by atoms with E-state index in [1.165, 1.54) is 49.1 Å². The predicted molar refractivity (Wildman–Crippen MR) is 129 cm³/mol. The third-order valence-electron chi connectivity index (χ3n) is 4.35. The maximum atomic E-state index is 12.6. The fourth-order valence-electron chi connectivity index (χ4n) is 2.76. The number of nitrogens with one attached hydrogen (secondary N) is 3. The molecule has 3 aromatic rings. The quantitative estimate of drug-likeness (QED) is 0.420. The van der Waals surface area contributed by atoms with Gasteiger partial charge in [-0.3, -0.25) is 14.3 Å². The molecule has 0 saturated heterocycles. The van der Waals surface area contributed by atoms with Gasteiger partial charge in [0.25, 0.3) is 15.9 Å². The molecule has 3 N–H and O–H groups in total. The van der Waals surface area contributed by atoms with Crippen molar-refractivity contribution in [3.63, 3.8) is 0 Å². The number of hydrogen-bond donors (Lipinski definition) is 3. The largest absolute Gasteiger partial charge is 0.352 e. The minimum absolute atomic E-state index is 0.0855. The Hall–Kier alpha value is -3.37. The van der Waals surface area contributed by atoms with Crippen molar-refractivity contribution in [1.29, 1.82) is 0 Å². The summed E-state index contributed by atoms with van der Waals surface area (Å²) in [5, 5.41) is 6.12. The predicted octanol–water partition coefficient (Wildman–Crippen LogP) is 4.13. The van der Waals surface area contributed by atoms with E-state index >= 15 is 0 Å². The molecular weight excluding hydrogens is 460 g/mol. The number of carbonyl (C=O) groups excluding carboxylic acids is 2. The molecule has 1 aromatic heterocycles. The minimum Gasteiger partial charge on any atom is -0.352 e. The number of aromatic nitrogens is 1. The molecule has 2 aromatic carbocycles. The van der Waals surface area contributed by atoms with Crippen LogP contribution in [0.5, 0.6) is 0 Å². The molecule has 8 nitrogen and oxygen atoms in total. The molecule has 0 spiro atoms. The van der Waals surface area contributed by atoms with Crippen molar-refractivity contribution >= 4 is 45.0 Å². The number of benzene rings is 2. The molecule has 3 rings (SSSR count). The topological polar surface area (TPSA) is 117 Å². The van der Waals surface area contributed by atoms with Crippen molar-refractivity contribution in [1.82, 2.24) is 10.3 Å². The zero-order valence-electron chi connectivity index (χ0n) is 18.2. The number of hydrogen-bond acceptors (Lipinski definition) is 6. The van der Waals surface area contributed by atoms with Crippen LogP contribution >= 0.6 is 11.8 Å². The van der Waals surface area contributed by atoms with Crippen LogP contribution in [-0.4, -0.2) is 31.8 Å². The Morgan fingerprint density at radius 1 is 0.939 bits per heavy atom. The zero-order valence-corrected chi connectivity index (χ0v) is 19.8. The standard InChI is InChI=1S/C23H24N4O4S2/c1-3-14-24-23(29)17-4-13-22(25-15-17)32-20-9-5-19(6-10-20)27-33(30,31)21-11-7-18(8-12-21)26-16(2)28/h4-13,15,27H,3,14H2,1-2H3,(H,24,29)(H,26,28). The van der Waals surface area contributed by atoms with Crippen LogP contribution in [0, 0.1) is 0 Å². The summed E-state index contributed by atoms with van der Waals surface area (Å²) in [6.07, 6.45) is 2.40. The van der Waals surface area contributed by atoms with Crippen molar-refractivity contribution in [3.8, 4) is 0 Å². The first-order chi connectivity index (χ1) is 15.8. The Balaban J connectivity index is 1.61. The van der Waals surface area contributed by atoms with Crippen molar-refractivity contribution in [2.75, 3.05) is 16.6 Å². The molecule has 0 aliphatic carbocycles. The van der Waals surface area contributed by atoms with Crippen LogP contribution in [0.15, 0.2) is 81.7 Å². The summed E-state index contributed by atoms with van der Waals surface area (Å²) in [5.74, 6) is -0.382. The van der Waals surface area contributed by atoms with Gasteiger partial charge in [0, 0.05) is 35.9 Å². The van der Waals surface area contributed by atoms with Crippen molar-refractivity contribution in [2.24, 2.45) is 0 Å².